The third kappa shape index (κ3) is 5.78. The van der Waals surface area contributed by atoms with Crippen LogP contribution in [0.15, 0.2) is 18.2 Å². The molecular formula is C15H17ClN4O4. The molecule has 0 aliphatic carbocycles. The molecule has 8 nitrogen and oxygen atoms in total. The van der Waals surface area contributed by atoms with Gasteiger partial charge in [-0.05, 0) is 24.1 Å². The fraction of sp³-hybridized carbons (Fsp3) is 0.333. The van der Waals surface area contributed by atoms with E-state index in [2.05, 4.69) is 10.6 Å². The van der Waals surface area contributed by atoms with E-state index >= 15 is 0 Å². The number of anilines is 1. The van der Waals surface area contributed by atoms with Gasteiger partial charge in [0.25, 0.3) is 5.91 Å². The van der Waals surface area contributed by atoms with Gasteiger partial charge in [0.1, 0.15) is 12.1 Å². The number of benzene rings is 1. The Morgan fingerprint density at radius 2 is 2.04 bits per heavy atom. The van der Waals surface area contributed by atoms with Crippen LogP contribution in [-0.4, -0.2) is 30.6 Å². The summed E-state index contributed by atoms with van der Waals surface area (Å²) in [6, 6.07) is 4.45. The zero-order chi connectivity index (χ0) is 18.3. The SMILES string of the molecule is CC(C)C(NC(N)=O)C(=O)OCC(=O)Nc1cc(Cl)ccc1C#N. The molecule has 0 aromatic heterocycles. The average molecular weight is 353 g/mol. The molecule has 0 fully saturated rings. The van der Waals surface area contributed by atoms with Crippen LogP contribution in [0, 0.1) is 17.2 Å². The summed E-state index contributed by atoms with van der Waals surface area (Å²) in [4.78, 5) is 34.6. The highest BCUT2D eigenvalue weighted by Gasteiger charge is 2.25. The second-order valence-electron chi connectivity index (χ2n) is 5.19. The van der Waals surface area contributed by atoms with Crippen molar-refractivity contribution < 1.29 is 19.1 Å². The normalized spacial score (nSPS) is 11.3. The number of urea groups is 1. The molecule has 1 atom stereocenters. The summed E-state index contributed by atoms with van der Waals surface area (Å²) >= 11 is 5.81. The van der Waals surface area contributed by atoms with Gasteiger partial charge >= 0.3 is 12.0 Å². The Balaban J connectivity index is 2.66. The van der Waals surface area contributed by atoms with Crippen molar-refractivity contribution in [2.24, 2.45) is 11.7 Å². The Bertz CT molecular complexity index is 685. The van der Waals surface area contributed by atoms with E-state index in [9.17, 15) is 14.4 Å². The van der Waals surface area contributed by atoms with Crippen molar-refractivity contribution in [2.75, 3.05) is 11.9 Å². The highest BCUT2D eigenvalue weighted by Crippen LogP contribution is 2.20. The second-order valence-corrected chi connectivity index (χ2v) is 5.62. The van der Waals surface area contributed by atoms with Crippen LogP contribution in [0.3, 0.4) is 0 Å². The Kier molecular flexibility index (Phi) is 7.01. The average Bonchev–Trinajstić information content (AvgIpc) is 2.50. The number of carbonyl (C=O) groups is 3. The van der Waals surface area contributed by atoms with Crippen LogP contribution in [-0.2, 0) is 14.3 Å². The maximum absolute atomic E-state index is 11.9. The van der Waals surface area contributed by atoms with E-state index in [1.54, 1.807) is 13.8 Å². The number of nitrogens with one attached hydrogen (secondary N) is 2. The molecule has 24 heavy (non-hydrogen) atoms. The van der Waals surface area contributed by atoms with Crippen molar-refractivity contribution in [3.63, 3.8) is 0 Å². The van der Waals surface area contributed by atoms with Crippen LogP contribution in [0.5, 0.6) is 0 Å². The van der Waals surface area contributed by atoms with E-state index in [4.69, 9.17) is 27.3 Å². The van der Waals surface area contributed by atoms with Crippen molar-refractivity contribution in [3.05, 3.63) is 28.8 Å². The molecule has 1 aromatic rings. The number of halogens is 1. The third-order valence-corrected chi connectivity index (χ3v) is 3.18. The summed E-state index contributed by atoms with van der Waals surface area (Å²) in [6.45, 7) is 2.79. The van der Waals surface area contributed by atoms with Crippen molar-refractivity contribution >= 4 is 35.2 Å². The number of nitrogens with two attached hydrogens (primary N) is 1. The summed E-state index contributed by atoms with van der Waals surface area (Å²) in [6.07, 6.45) is 0. The van der Waals surface area contributed by atoms with Gasteiger partial charge in [-0.15, -0.1) is 0 Å². The van der Waals surface area contributed by atoms with Crippen molar-refractivity contribution in [3.8, 4) is 6.07 Å². The van der Waals surface area contributed by atoms with E-state index in [0.29, 0.717) is 5.02 Å². The van der Waals surface area contributed by atoms with Crippen LogP contribution in [0.2, 0.25) is 5.02 Å². The lowest BCUT2D eigenvalue weighted by Crippen LogP contribution is -2.48. The van der Waals surface area contributed by atoms with Gasteiger partial charge in [0.05, 0.1) is 11.3 Å². The van der Waals surface area contributed by atoms with Crippen LogP contribution < -0.4 is 16.4 Å². The molecule has 128 valence electrons. The minimum Gasteiger partial charge on any atom is -0.454 e. The van der Waals surface area contributed by atoms with Gasteiger partial charge in [-0.1, -0.05) is 25.4 Å². The lowest BCUT2D eigenvalue weighted by atomic mass is 10.1. The minimum atomic E-state index is -0.962. The summed E-state index contributed by atoms with van der Waals surface area (Å²) in [5.41, 5.74) is 5.42. The fourth-order valence-electron chi connectivity index (χ4n) is 1.78. The zero-order valence-electron chi connectivity index (χ0n) is 13.1. The Morgan fingerprint density at radius 1 is 1.38 bits per heavy atom. The molecular weight excluding hydrogens is 336 g/mol. The van der Waals surface area contributed by atoms with Gasteiger partial charge in [0.2, 0.25) is 0 Å². The standard InChI is InChI=1S/C15H17ClN4O4/c1-8(2)13(20-15(18)23)14(22)24-7-12(21)19-11-5-10(16)4-3-9(11)6-17/h3-5,8,13H,7H2,1-2H3,(H,19,21)(H3,18,20,23). The number of nitriles is 1. The number of hydrogen-bond donors (Lipinski definition) is 3. The predicted octanol–water partition coefficient (Wildman–Crippen LogP) is 1.39. The van der Waals surface area contributed by atoms with Crippen LogP contribution in [0.25, 0.3) is 0 Å². The summed E-state index contributed by atoms with van der Waals surface area (Å²) < 4.78 is 4.87. The van der Waals surface area contributed by atoms with Gasteiger partial charge in [0, 0.05) is 5.02 Å². The highest BCUT2D eigenvalue weighted by atomic mass is 35.5. The Morgan fingerprint density at radius 3 is 2.58 bits per heavy atom. The first-order chi connectivity index (χ1) is 11.2. The molecule has 0 saturated heterocycles. The highest BCUT2D eigenvalue weighted by molar-refractivity contribution is 6.31. The van der Waals surface area contributed by atoms with Crippen molar-refractivity contribution in [2.45, 2.75) is 19.9 Å². The number of rotatable bonds is 6. The molecule has 4 N–H and O–H groups in total. The number of amides is 3. The molecule has 1 aromatic carbocycles. The number of esters is 1. The molecule has 0 aliphatic rings. The van der Waals surface area contributed by atoms with Crippen molar-refractivity contribution in [1.29, 1.82) is 5.26 Å². The van der Waals surface area contributed by atoms with Gasteiger partial charge in [-0.2, -0.15) is 5.26 Å². The molecule has 1 unspecified atom stereocenters. The summed E-state index contributed by atoms with van der Waals surface area (Å²) in [5.74, 6) is -1.71. The molecule has 0 spiro atoms. The first-order valence-electron chi connectivity index (χ1n) is 6.96. The molecule has 3 amide bonds. The number of carbonyl (C=O) groups excluding carboxylic acids is 3. The number of primary amides is 1. The lowest BCUT2D eigenvalue weighted by Gasteiger charge is -2.19. The fourth-order valence-corrected chi connectivity index (χ4v) is 1.95. The van der Waals surface area contributed by atoms with Gasteiger partial charge in [-0.25, -0.2) is 9.59 Å². The van der Waals surface area contributed by atoms with E-state index in [1.165, 1.54) is 18.2 Å². The largest absolute Gasteiger partial charge is 0.454 e. The zero-order valence-corrected chi connectivity index (χ0v) is 13.9. The molecule has 0 saturated carbocycles. The summed E-state index contributed by atoms with van der Waals surface area (Å²) in [5, 5.41) is 14.0. The van der Waals surface area contributed by atoms with Crippen LogP contribution in [0.1, 0.15) is 19.4 Å². The summed E-state index contributed by atoms with van der Waals surface area (Å²) in [7, 11) is 0. The Hall–Kier alpha value is -2.79. The molecule has 0 heterocycles. The number of nitrogens with zero attached hydrogens (tertiary/aromatic N) is 1. The Labute approximate surface area is 143 Å². The number of ether oxygens (including phenoxy) is 1. The molecule has 0 aliphatic heterocycles. The molecule has 0 radical (unpaired) electrons. The lowest BCUT2D eigenvalue weighted by molar-refractivity contribution is -0.150. The molecule has 0 bridgehead atoms. The van der Waals surface area contributed by atoms with E-state index in [1.807, 2.05) is 6.07 Å². The second kappa shape index (κ2) is 8.74. The van der Waals surface area contributed by atoms with Gasteiger partial charge in [-0.3, -0.25) is 4.79 Å². The first kappa shape index (κ1) is 19.3. The van der Waals surface area contributed by atoms with E-state index in [0.717, 1.165) is 0 Å². The van der Waals surface area contributed by atoms with Gasteiger partial charge < -0.3 is 21.1 Å². The van der Waals surface area contributed by atoms with Crippen molar-refractivity contribution in [1.82, 2.24) is 5.32 Å². The maximum Gasteiger partial charge on any atom is 0.329 e. The quantitative estimate of drug-likeness (QED) is 0.665. The van der Waals surface area contributed by atoms with Crippen LogP contribution in [0.4, 0.5) is 10.5 Å². The predicted molar refractivity (Wildman–Crippen MR) is 87.1 cm³/mol. The minimum absolute atomic E-state index is 0.210. The maximum atomic E-state index is 11.9. The topological polar surface area (TPSA) is 134 Å². The van der Waals surface area contributed by atoms with E-state index < -0.39 is 30.6 Å². The first-order valence-corrected chi connectivity index (χ1v) is 7.34. The monoisotopic (exact) mass is 352 g/mol. The third-order valence-electron chi connectivity index (χ3n) is 2.94. The molecule has 9 heteroatoms. The number of hydrogen-bond acceptors (Lipinski definition) is 5. The smallest absolute Gasteiger partial charge is 0.329 e. The van der Waals surface area contributed by atoms with E-state index in [-0.39, 0.29) is 17.2 Å². The molecule has 1 rings (SSSR count). The van der Waals surface area contributed by atoms with Gasteiger partial charge in [0.15, 0.2) is 6.61 Å². The van der Waals surface area contributed by atoms with Crippen LogP contribution >= 0.6 is 11.6 Å².